The average molecular weight is 386 g/mol. The molecule has 0 bridgehead atoms. The van der Waals surface area contributed by atoms with E-state index in [0.717, 1.165) is 21.4 Å². The molecular formula is C15H23N5O3S2. The van der Waals surface area contributed by atoms with E-state index in [9.17, 15) is 13.2 Å². The van der Waals surface area contributed by atoms with Crippen molar-refractivity contribution in [3.8, 4) is 0 Å². The van der Waals surface area contributed by atoms with Crippen LogP contribution in [0.5, 0.6) is 0 Å². The maximum absolute atomic E-state index is 12.3. The normalized spacial score (nSPS) is 19.8. The molecule has 0 aromatic carbocycles. The number of hydrogen-bond donors (Lipinski definition) is 1. The molecule has 0 aliphatic carbocycles. The Kier molecular flexibility index (Phi) is 5.12. The largest absolute Gasteiger partial charge is 0.351 e. The van der Waals surface area contributed by atoms with Gasteiger partial charge in [0.2, 0.25) is 10.9 Å². The van der Waals surface area contributed by atoms with Gasteiger partial charge in [-0.25, -0.2) is 17.9 Å². The lowest BCUT2D eigenvalue weighted by Crippen LogP contribution is -2.42. The SMILES string of the molecule is CCN(CC(=O)NC1CCS(=O)(=O)C1)Cc1c(C)nc2sc(C)nn12. The van der Waals surface area contributed by atoms with Gasteiger partial charge in [0.05, 0.1) is 29.4 Å². The maximum Gasteiger partial charge on any atom is 0.234 e. The molecular weight excluding hydrogens is 362 g/mol. The van der Waals surface area contributed by atoms with E-state index >= 15 is 0 Å². The molecule has 3 heterocycles. The summed E-state index contributed by atoms with van der Waals surface area (Å²) in [6, 6.07) is -0.263. The van der Waals surface area contributed by atoms with Gasteiger partial charge in [-0.1, -0.05) is 18.3 Å². The number of nitrogens with one attached hydrogen (secondary N) is 1. The van der Waals surface area contributed by atoms with Gasteiger partial charge in [0.15, 0.2) is 9.84 Å². The predicted octanol–water partition coefficient (Wildman–Crippen LogP) is 0.533. The Morgan fingerprint density at radius 2 is 2.20 bits per heavy atom. The highest BCUT2D eigenvalue weighted by atomic mass is 32.2. The minimum Gasteiger partial charge on any atom is -0.351 e. The first-order valence-corrected chi connectivity index (χ1v) is 10.9. The molecule has 0 saturated carbocycles. The molecule has 1 atom stereocenters. The molecule has 1 fully saturated rings. The highest BCUT2D eigenvalue weighted by molar-refractivity contribution is 7.91. The van der Waals surface area contributed by atoms with Gasteiger partial charge in [-0.2, -0.15) is 5.10 Å². The van der Waals surface area contributed by atoms with Crippen LogP contribution in [0.2, 0.25) is 0 Å². The van der Waals surface area contributed by atoms with Crippen molar-refractivity contribution in [3.05, 3.63) is 16.4 Å². The van der Waals surface area contributed by atoms with Gasteiger partial charge in [-0.3, -0.25) is 9.69 Å². The van der Waals surface area contributed by atoms with Crippen LogP contribution in [0.4, 0.5) is 0 Å². The molecule has 138 valence electrons. The van der Waals surface area contributed by atoms with Gasteiger partial charge >= 0.3 is 0 Å². The van der Waals surface area contributed by atoms with Crippen molar-refractivity contribution in [2.45, 2.75) is 39.8 Å². The van der Waals surface area contributed by atoms with Crippen molar-refractivity contribution < 1.29 is 13.2 Å². The van der Waals surface area contributed by atoms with Gasteiger partial charge in [-0.15, -0.1) is 0 Å². The van der Waals surface area contributed by atoms with Gasteiger partial charge in [0.1, 0.15) is 5.01 Å². The minimum absolute atomic E-state index is 0.0469. The monoisotopic (exact) mass is 385 g/mol. The topological polar surface area (TPSA) is 96.7 Å². The zero-order chi connectivity index (χ0) is 18.2. The van der Waals surface area contributed by atoms with Crippen molar-refractivity contribution in [2.75, 3.05) is 24.6 Å². The van der Waals surface area contributed by atoms with Crippen LogP contribution in [0, 0.1) is 13.8 Å². The number of hydrogen-bond acceptors (Lipinski definition) is 7. The zero-order valence-corrected chi connectivity index (χ0v) is 16.3. The predicted molar refractivity (Wildman–Crippen MR) is 96.5 cm³/mol. The van der Waals surface area contributed by atoms with Gasteiger partial charge in [0, 0.05) is 12.6 Å². The van der Waals surface area contributed by atoms with Crippen molar-refractivity contribution >= 4 is 32.0 Å². The Morgan fingerprint density at radius 3 is 2.84 bits per heavy atom. The molecule has 1 aliphatic rings. The molecule has 25 heavy (non-hydrogen) atoms. The number of aryl methyl sites for hydroxylation is 2. The molecule has 10 heteroatoms. The Morgan fingerprint density at radius 1 is 1.44 bits per heavy atom. The Labute approximate surface area is 151 Å². The quantitative estimate of drug-likeness (QED) is 0.779. The summed E-state index contributed by atoms with van der Waals surface area (Å²) in [7, 11) is -2.99. The van der Waals surface area contributed by atoms with E-state index in [2.05, 4.69) is 15.4 Å². The second-order valence-electron chi connectivity index (χ2n) is 6.43. The van der Waals surface area contributed by atoms with E-state index in [-0.39, 0.29) is 30.0 Å². The molecule has 2 aromatic heterocycles. The average Bonchev–Trinajstić information content (AvgIpc) is 3.12. The van der Waals surface area contributed by atoms with Crippen LogP contribution in [0.3, 0.4) is 0 Å². The van der Waals surface area contributed by atoms with E-state index < -0.39 is 9.84 Å². The summed E-state index contributed by atoms with van der Waals surface area (Å²) in [4.78, 5) is 19.7. The number of likely N-dealkylation sites (N-methyl/N-ethyl adjacent to an activating group) is 1. The number of carbonyl (C=O) groups is 1. The summed E-state index contributed by atoms with van der Waals surface area (Å²) in [5.74, 6) is 0.0635. The van der Waals surface area contributed by atoms with Gasteiger partial charge < -0.3 is 5.32 Å². The first kappa shape index (κ1) is 18.3. The molecule has 0 spiro atoms. The minimum atomic E-state index is -2.99. The number of amides is 1. The highest BCUT2D eigenvalue weighted by Crippen LogP contribution is 2.19. The van der Waals surface area contributed by atoms with Crippen LogP contribution in [0.15, 0.2) is 0 Å². The third-order valence-electron chi connectivity index (χ3n) is 4.38. The molecule has 1 N–H and O–H groups in total. The molecule has 1 aliphatic heterocycles. The van der Waals surface area contributed by atoms with Gasteiger partial charge in [0.25, 0.3) is 0 Å². The fraction of sp³-hybridized carbons (Fsp3) is 0.667. The zero-order valence-electron chi connectivity index (χ0n) is 14.7. The lowest BCUT2D eigenvalue weighted by atomic mass is 10.2. The first-order chi connectivity index (χ1) is 11.8. The van der Waals surface area contributed by atoms with Crippen LogP contribution in [-0.2, 0) is 21.2 Å². The molecule has 1 amide bonds. The van der Waals surface area contributed by atoms with E-state index in [1.54, 1.807) is 11.3 Å². The van der Waals surface area contributed by atoms with E-state index in [1.165, 1.54) is 0 Å². The molecule has 2 aromatic rings. The number of fused-ring (bicyclic) bond motifs is 1. The third-order valence-corrected chi connectivity index (χ3v) is 6.97. The third kappa shape index (κ3) is 4.18. The lowest BCUT2D eigenvalue weighted by molar-refractivity contribution is -0.122. The van der Waals surface area contributed by atoms with Crippen molar-refractivity contribution in [2.24, 2.45) is 0 Å². The number of imidazole rings is 1. The fourth-order valence-corrected chi connectivity index (χ4v) is 5.52. The summed E-state index contributed by atoms with van der Waals surface area (Å²) in [6.07, 6.45) is 0.501. The van der Waals surface area contributed by atoms with E-state index in [4.69, 9.17) is 0 Å². The Bertz CT molecular complexity index is 886. The van der Waals surface area contributed by atoms with Crippen molar-refractivity contribution in [3.63, 3.8) is 0 Å². The van der Waals surface area contributed by atoms with Gasteiger partial charge in [-0.05, 0) is 26.8 Å². The van der Waals surface area contributed by atoms with Crippen LogP contribution in [0.1, 0.15) is 29.7 Å². The van der Waals surface area contributed by atoms with E-state index in [0.29, 0.717) is 19.5 Å². The second kappa shape index (κ2) is 7.00. The number of nitrogens with zero attached hydrogens (tertiary/aromatic N) is 4. The standard InChI is InChI=1S/C15H23N5O3S2/c1-4-19(8-14(21)17-12-5-6-25(22,23)9-12)7-13-10(2)16-15-20(13)18-11(3)24-15/h12H,4-9H2,1-3H3,(H,17,21). The smallest absolute Gasteiger partial charge is 0.234 e. The highest BCUT2D eigenvalue weighted by Gasteiger charge is 2.29. The van der Waals surface area contributed by atoms with Crippen molar-refractivity contribution in [1.29, 1.82) is 0 Å². The fourth-order valence-electron chi connectivity index (χ4n) is 3.04. The first-order valence-electron chi connectivity index (χ1n) is 8.31. The molecule has 1 unspecified atom stereocenters. The Hall–Kier alpha value is -1.52. The summed E-state index contributed by atoms with van der Waals surface area (Å²) in [5.41, 5.74) is 1.90. The second-order valence-corrected chi connectivity index (χ2v) is 9.82. The molecule has 0 radical (unpaired) electrons. The lowest BCUT2D eigenvalue weighted by Gasteiger charge is -2.21. The Balaban J connectivity index is 1.64. The summed E-state index contributed by atoms with van der Waals surface area (Å²) in [6.45, 7) is 7.38. The summed E-state index contributed by atoms with van der Waals surface area (Å²) >= 11 is 1.54. The van der Waals surface area contributed by atoms with Crippen LogP contribution >= 0.6 is 11.3 Å². The number of aromatic nitrogens is 3. The number of rotatable bonds is 6. The van der Waals surface area contributed by atoms with Crippen LogP contribution in [0.25, 0.3) is 4.96 Å². The number of sulfone groups is 1. The van der Waals surface area contributed by atoms with E-state index in [1.807, 2.05) is 30.2 Å². The number of carbonyl (C=O) groups excluding carboxylic acids is 1. The molecule has 8 nitrogen and oxygen atoms in total. The molecule has 3 rings (SSSR count). The summed E-state index contributed by atoms with van der Waals surface area (Å²) in [5, 5.41) is 8.27. The summed E-state index contributed by atoms with van der Waals surface area (Å²) < 4.78 is 24.8. The maximum atomic E-state index is 12.3. The van der Waals surface area contributed by atoms with Crippen LogP contribution in [-0.4, -0.2) is 64.5 Å². The molecule has 1 saturated heterocycles. The van der Waals surface area contributed by atoms with Crippen molar-refractivity contribution in [1.82, 2.24) is 24.8 Å². The van der Waals surface area contributed by atoms with Crippen LogP contribution < -0.4 is 5.32 Å².